The molecule has 2 heterocycles. The summed E-state index contributed by atoms with van der Waals surface area (Å²) in [6.45, 7) is 1.83. The minimum atomic E-state index is -0.818. The highest BCUT2D eigenvalue weighted by Gasteiger charge is 2.37. The second-order valence-corrected chi connectivity index (χ2v) is 8.31. The van der Waals surface area contributed by atoms with Gasteiger partial charge in [0.25, 0.3) is 11.6 Å². The molecule has 2 unspecified atom stereocenters. The van der Waals surface area contributed by atoms with Crippen LogP contribution in [0.4, 0.5) is 11.4 Å². The zero-order chi connectivity index (χ0) is 23.5. The lowest BCUT2D eigenvalue weighted by atomic mass is 10.1. The molecule has 0 saturated carbocycles. The van der Waals surface area contributed by atoms with E-state index >= 15 is 0 Å². The summed E-state index contributed by atoms with van der Waals surface area (Å²) in [6.07, 6.45) is 1.22. The van der Waals surface area contributed by atoms with Gasteiger partial charge in [-0.3, -0.25) is 19.7 Å². The molecule has 0 radical (unpaired) electrons. The number of hydrogen-bond donors (Lipinski definition) is 0. The summed E-state index contributed by atoms with van der Waals surface area (Å²) < 4.78 is 11.1. The Bertz CT molecular complexity index is 1180. The van der Waals surface area contributed by atoms with Crippen LogP contribution in [0.15, 0.2) is 57.8 Å². The summed E-state index contributed by atoms with van der Waals surface area (Å²) in [5, 5.41) is 18.6. The molecule has 1 fully saturated rings. The van der Waals surface area contributed by atoms with E-state index in [4.69, 9.17) is 9.15 Å². The lowest BCUT2D eigenvalue weighted by molar-refractivity contribution is -0.384. The molecular formula is C22H20N4O6S. The van der Waals surface area contributed by atoms with Crippen LogP contribution >= 0.6 is 11.8 Å². The van der Waals surface area contributed by atoms with Crippen molar-refractivity contribution in [3.05, 3.63) is 64.5 Å². The fourth-order valence-corrected chi connectivity index (χ4v) is 3.85. The van der Waals surface area contributed by atoms with Gasteiger partial charge in [-0.15, -0.1) is 22.0 Å². The number of carbonyl (C=O) groups excluding carboxylic acids is 2. The molecule has 0 spiro atoms. The number of nitro benzene ring substituents is 1. The van der Waals surface area contributed by atoms with Crippen molar-refractivity contribution in [3.63, 3.8) is 0 Å². The fraction of sp³-hybridized carbons (Fsp3) is 0.273. The number of ether oxygens (including phenoxy) is 1. The normalized spacial score (nSPS) is 16.6. The van der Waals surface area contributed by atoms with Crippen LogP contribution in [0.1, 0.15) is 25.3 Å². The van der Waals surface area contributed by atoms with Gasteiger partial charge >= 0.3 is 5.97 Å². The predicted molar refractivity (Wildman–Crippen MR) is 120 cm³/mol. The van der Waals surface area contributed by atoms with Crippen molar-refractivity contribution in [3.8, 4) is 11.5 Å². The maximum Gasteiger partial charge on any atom is 0.312 e. The summed E-state index contributed by atoms with van der Waals surface area (Å²) in [5.41, 5.74) is 1.19. The van der Waals surface area contributed by atoms with Crippen molar-refractivity contribution in [1.82, 2.24) is 10.2 Å². The molecule has 0 bridgehead atoms. The highest BCUT2D eigenvalue weighted by molar-refractivity contribution is 7.98. The van der Waals surface area contributed by atoms with Gasteiger partial charge in [-0.2, -0.15) is 0 Å². The average molecular weight is 468 g/mol. The van der Waals surface area contributed by atoms with Crippen LogP contribution < -0.4 is 4.90 Å². The minimum Gasteiger partial charge on any atom is -0.452 e. The molecule has 4 rings (SSSR count). The Kier molecular flexibility index (Phi) is 6.40. The second kappa shape index (κ2) is 9.41. The lowest BCUT2D eigenvalue weighted by Gasteiger charge is -2.17. The second-order valence-electron chi connectivity index (χ2n) is 7.43. The van der Waals surface area contributed by atoms with Gasteiger partial charge < -0.3 is 14.1 Å². The zero-order valence-corrected chi connectivity index (χ0v) is 18.7. The van der Waals surface area contributed by atoms with Crippen molar-refractivity contribution >= 4 is 35.0 Å². The molecule has 170 valence electrons. The largest absolute Gasteiger partial charge is 0.452 e. The average Bonchev–Trinajstić information content (AvgIpc) is 3.46. The van der Waals surface area contributed by atoms with Gasteiger partial charge in [0.05, 0.1) is 10.8 Å². The summed E-state index contributed by atoms with van der Waals surface area (Å²) in [7, 11) is 0. The molecule has 1 aliphatic heterocycles. The van der Waals surface area contributed by atoms with Crippen molar-refractivity contribution in [1.29, 1.82) is 0 Å². The van der Waals surface area contributed by atoms with Gasteiger partial charge in [0, 0.05) is 41.2 Å². The number of aromatic nitrogens is 2. The van der Waals surface area contributed by atoms with Gasteiger partial charge in [0.1, 0.15) is 0 Å². The van der Waals surface area contributed by atoms with Crippen molar-refractivity contribution < 1.29 is 23.7 Å². The van der Waals surface area contributed by atoms with E-state index in [0.29, 0.717) is 5.56 Å². The first-order valence-corrected chi connectivity index (χ1v) is 11.3. The van der Waals surface area contributed by atoms with Crippen molar-refractivity contribution in [2.24, 2.45) is 5.92 Å². The number of hydrogen-bond acceptors (Lipinski definition) is 9. The third-order valence-electron chi connectivity index (χ3n) is 5.25. The summed E-state index contributed by atoms with van der Waals surface area (Å²) >= 11 is 1.61. The van der Waals surface area contributed by atoms with E-state index in [1.54, 1.807) is 23.6 Å². The standard InChI is InChI=1S/C22H20N4O6S/c1-13(20-23-24-21(32-20)14-3-5-17(6-4-14)26(29)30)31-22(28)15-11-19(27)25(12-15)16-7-9-18(33-2)10-8-16/h3-10,13,15H,11-12H2,1-2H3. The van der Waals surface area contributed by atoms with Gasteiger partial charge in [-0.1, -0.05) is 0 Å². The molecular weight excluding hydrogens is 448 g/mol. The molecule has 33 heavy (non-hydrogen) atoms. The Morgan fingerprint density at radius 1 is 1.21 bits per heavy atom. The Morgan fingerprint density at radius 2 is 1.91 bits per heavy atom. The molecule has 0 N–H and O–H groups in total. The smallest absolute Gasteiger partial charge is 0.312 e. The third kappa shape index (κ3) is 4.87. The molecule has 11 heteroatoms. The van der Waals surface area contributed by atoms with E-state index in [1.807, 2.05) is 30.5 Å². The van der Waals surface area contributed by atoms with E-state index < -0.39 is 22.9 Å². The first-order chi connectivity index (χ1) is 15.9. The van der Waals surface area contributed by atoms with Gasteiger partial charge in [-0.05, 0) is 49.6 Å². The number of esters is 1. The summed E-state index contributed by atoms with van der Waals surface area (Å²) in [5.74, 6) is -1.02. The SMILES string of the molecule is CSc1ccc(N2CC(C(=O)OC(C)c3nnc(-c4ccc([N+](=O)[O-])cc4)o3)CC2=O)cc1. The number of thioether (sulfide) groups is 1. The number of nitrogens with zero attached hydrogens (tertiary/aromatic N) is 4. The number of rotatable bonds is 7. The number of carbonyl (C=O) groups is 2. The van der Waals surface area contributed by atoms with Crippen molar-refractivity contribution in [2.45, 2.75) is 24.3 Å². The highest BCUT2D eigenvalue weighted by Crippen LogP contribution is 2.30. The molecule has 1 aromatic heterocycles. The molecule has 0 aliphatic carbocycles. The minimum absolute atomic E-state index is 0.0545. The quantitative estimate of drug-likeness (QED) is 0.218. The van der Waals surface area contributed by atoms with Crippen LogP contribution in [0.3, 0.4) is 0 Å². The van der Waals surface area contributed by atoms with Crippen LogP contribution in [0.2, 0.25) is 0 Å². The van der Waals surface area contributed by atoms with Crippen LogP contribution in [-0.2, 0) is 14.3 Å². The van der Waals surface area contributed by atoms with Gasteiger partial charge in [0.2, 0.25) is 11.8 Å². The predicted octanol–water partition coefficient (Wildman–Crippen LogP) is 4.02. The highest BCUT2D eigenvalue weighted by atomic mass is 32.2. The van der Waals surface area contributed by atoms with E-state index in [1.165, 1.54) is 24.3 Å². The van der Waals surface area contributed by atoms with E-state index in [0.717, 1.165) is 10.6 Å². The Morgan fingerprint density at radius 3 is 2.55 bits per heavy atom. The van der Waals surface area contributed by atoms with Crippen molar-refractivity contribution in [2.75, 3.05) is 17.7 Å². The Labute approximate surface area is 193 Å². The molecule has 2 atom stereocenters. The molecule has 1 saturated heterocycles. The molecule has 2 aromatic carbocycles. The third-order valence-corrected chi connectivity index (χ3v) is 5.99. The Hall–Kier alpha value is -3.73. The van der Waals surface area contributed by atoms with Gasteiger partial charge in [0.15, 0.2) is 6.10 Å². The first kappa shape index (κ1) is 22.5. The van der Waals surface area contributed by atoms with E-state index in [2.05, 4.69) is 10.2 Å². The number of benzene rings is 2. The maximum atomic E-state index is 12.7. The summed E-state index contributed by atoms with van der Waals surface area (Å²) in [4.78, 5) is 38.1. The molecule has 3 aromatic rings. The first-order valence-electron chi connectivity index (χ1n) is 10.1. The number of nitro groups is 1. The Balaban J connectivity index is 1.38. The van der Waals surface area contributed by atoms with Crippen LogP contribution in [0.5, 0.6) is 0 Å². The molecule has 1 aliphatic rings. The number of anilines is 1. The topological polar surface area (TPSA) is 129 Å². The molecule has 10 nitrogen and oxygen atoms in total. The lowest BCUT2D eigenvalue weighted by Crippen LogP contribution is -2.26. The number of non-ortho nitro benzene ring substituents is 1. The monoisotopic (exact) mass is 468 g/mol. The van der Waals surface area contributed by atoms with Crippen LogP contribution in [0, 0.1) is 16.0 Å². The fourth-order valence-electron chi connectivity index (χ4n) is 3.44. The zero-order valence-electron chi connectivity index (χ0n) is 17.8. The maximum absolute atomic E-state index is 12.7. The van der Waals surface area contributed by atoms with E-state index in [9.17, 15) is 19.7 Å². The summed E-state index contributed by atoms with van der Waals surface area (Å²) in [6, 6.07) is 13.2. The number of amides is 1. The van der Waals surface area contributed by atoms with Crippen LogP contribution in [0.25, 0.3) is 11.5 Å². The molecule has 1 amide bonds. The van der Waals surface area contributed by atoms with Crippen LogP contribution in [-0.4, -0.2) is 39.8 Å². The van der Waals surface area contributed by atoms with E-state index in [-0.39, 0.29) is 36.3 Å². The van der Waals surface area contributed by atoms with Gasteiger partial charge in [-0.25, -0.2) is 0 Å².